The number of nitrogens with one attached hydrogen (secondary N) is 1. The van der Waals surface area contributed by atoms with Crippen LogP contribution in [0.25, 0.3) is 0 Å². The summed E-state index contributed by atoms with van der Waals surface area (Å²) in [7, 11) is 1.81. The lowest BCUT2D eigenvalue weighted by molar-refractivity contribution is -0.149. The van der Waals surface area contributed by atoms with Crippen LogP contribution in [0.15, 0.2) is 18.3 Å². The molecule has 7 heteroatoms. The van der Waals surface area contributed by atoms with Crippen LogP contribution in [0.3, 0.4) is 0 Å². The van der Waals surface area contributed by atoms with Gasteiger partial charge in [0.1, 0.15) is 5.82 Å². The zero-order valence-corrected chi connectivity index (χ0v) is 11.5. The number of rotatable bonds is 4. The Morgan fingerprint density at radius 3 is 2.45 bits per heavy atom. The van der Waals surface area contributed by atoms with Crippen LogP contribution in [0.5, 0.6) is 0 Å². The molecule has 0 saturated carbocycles. The molecule has 1 fully saturated rings. The van der Waals surface area contributed by atoms with Crippen LogP contribution in [0.1, 0.15) is 5.56 Å². The van der Waals surface area contributed by atoms with Crippen molar-refractivity contribution in [2.45, 2.75) is 12.7 Å². The zero-order valence-electron chi connectivity index (χ0n) is 11.5. The summed E-state index contributed by atoms with van der Waals surface area (Å²) in [6, 6.07) is 3.86. The average Bonchev–Trinajstić information content (AvgIpc) is 2.40. The summed E-state index contributed by atoms with van der Waals surface area (Å²) in [4.78, 5) is 7.84. The number of pyridine rings is 1. The minimum Gasteiger partial charge on any atom is -0.373 e. The Morgan fingerprint density at radius 2 is 1.85 bits per heavy atom. The molecule has 2 heterocycles. The summed E-state index contributed by atoms with van der Waals surface area (Å²) in [5, 5.41) is 3.03. The van der Waals surface area contributed by atoms with Crippen LogP contribution >= 0.6 is 0 Å². The maximum atomic E-state index is 12.3. The molecule has 1 N–H and O–H groups in total. The lowest BCUT2D eigenvalue weighted by Crippen LogP contribution is -2.48. The van der Waals surface area contributed by atoms with Gasteiger partial charge >= 0.3 is 6.18 Å². The first-order chi connectivity index (χ1) is 9.48. The molecule has 4 nitrogen and oxygen atoms in total. The predicted octanol–water partition coefficient (Wildman–Crippen LogP) is 1.80. The summed E-state index contributed by atoms with van der Waals surface area (Å²) in [6.07, 6.45) is -2.39. The number of halogens is 3. The van der Waals surface area contributed by atoms with Gasteiger partial charge in [-0.25, -0.2) is 4.98 Å². The smallest absolute Gasteiger partial charge is 0.373 e. The average molecular weight is 288 g/mol. The van der Waals surface area contributed by atoms with Crippen molar-refractivity contribution in [2.75, 3.05) is 45.1 Å². The van der Waals surface area contributed by atoms with E-state index in [-0.39, 0.29) is 0 Å². The van der Waals surface area contributed by atoms with Gasteiger partial charge in [0.05, 0.1) is 6.54 Å². The van der Waals surface area contributed by atoms with Crippen molar-refractivity contribution in [1.29, 1.82) is 0 Å². The number of nitrogens with zero attached hydrogens (tertiary/aromatic N) is 3. The molecule has 0 bridgehead atoms. The van der Waals surface area contributed by atoms with Crippen LogP contribution in [-0.2, 0) is 6.54 Å². The lowest BCUT2D eigenvalue weighted by Gasteiger charge is -2.35. The molecule has 0 amide bonds. The molecule has 112 valence electrons. The Balaban J connectivity index is 1.85. The summed E-state index contributed by atoms with van der Waals surface area (Å²) < 4.78 is 36.9. The van der Waals surface area contributed by atoms with Gasteiger partial charge < -0.3 is 5.32 Å². The molecular weight excluding hydrogens is 269 g/mol. The molecule has 1 aromatic heterocycles. The van der Waals surface area contributed by atoms with E-state index < -0.39 is 12.7 Å². The summed E-state index contributed by atoms with van der Waals surface area (Å²) in [6.45, 7) is 2.10. The lowest BCUT2D eigenvalue weighted by atomic mass is 10.2. The first kappa shape index (κ1) is 15.1. The van der Waals surface area contributed by atoms with E-state index in [1.807, 2.05) is 19.2 Å². The maximum Gasteiger partial charge on any atom is 0.401 e. The Morgan fingerprint density at radius 1 is 1.20 bits per heavy atom. The van der Waals surface area contributed by atoms with Gasteiger partial charge in [-0.3, -0.25) is 9.80 Å². The summed E-state index contributed by atoms with van der Waals surface area (Å²) in [5.74, 6) is 0.824. The third-order valence-electron chi connectivity index (χ3n) is 3.39. The van der Waals surface area contributed by atoms with Crippen molar-refractivity contribution in [3.63, 3.8) is 0 Å². The molecule has 1 aliphatic rings. The Kier molecular flexibility index (Phi) is 4.82. The highest BCUT2D eigenvalue weighted by atomic mass is 19.4. The molecule has 0 aromatic carbocycles. The standard InChI is InChI=1S/C13H19F3N4/c1-17-12-11(3-2-4-18-12)9-19-5-7-20(8-6-19)10-13(14,15)16/h2-4H,5-10H2,1H3,(H,17,18). The molecular formula is C13H19F3N4. The highest BCUT2D eigenvalue weighted by Gasteiger charge is 2.32. The number of piperazine rings is 1. The second kappa shape index (κ2) is 6.41. The van der Waals surface area contributed by atoms with Crippen LogP contribution in [0, 0.1) is 0 Å². The van der Waals surface area contributed by atoms with Crippen molar-refractivity contribution < 1.29 is 13.2 Å². The van der Waals surface area contributed by atoms with Gasteiger partial charge in [0.25, 0.3) is 0 Å². The SMILES string of the molecule is CNc1ncccc1CN1CCN(CC(F)(F)F)CC1. The normalized spacial score (nSPS) is 18.2. The summed E-state index contributed by atoms with van der Waals surface area (Å²) in [5.41, 5.74) is 1.07. The zero-order chi connectivity index (χ0) is 14.6. The fraction of sp³-hybridized carbons (Fsp3) is 0.615. The first-order valence-electron chi connectivity index (χ1n) is 6.61. The van der Waals surface area contributed by atoms with Gasteiger partial charge in [-0.15, -0.1) is 0 Å². The topological polar surface area (TPSA) is 31.4 Å². The number of alkyl halides is 3. The van der Waals surface area contributed by atoms with Crippen molar-refractivity contribution in [3.8, 4) is 0 Å². The van der Waals surface area contributed by atoms with Gasteiger partial charge in [-0.05, 0) is 6.07 Å². The minimum absolute atomic E-state index is 0.453. The van der Waals surface area contributed by atoms with Crippen LogP contribution < -0.4 is 5.32 Å². The van der Waals surface area contributed by atoms with E-state index in [0.717, 1.165) is 11.4 Å². The molecule has 0 aliphatic carbocycles. The third-order valence-corrected chi connectivity index (χ3v) is 3.39. The third kappa shape index (κ3) is 4.35. The largest absolute Gasteiger partial charge is 0.401 e. The molecule has 2 rings (SSSR count). The fourth-order valence-corrected chi connectivity index (χ4v) is 2.39. The second-order valence-electron chi connectivity index (χ2n) is 4.93. The van der Waals surface area contributed by atoms with Crippen molar-refractivity contribution in [1.82, 2.24) is 14.8 Å². The molecule has 1 aromatic rings. The van der Waals surface area contributed by atoms with E-state index in [9.17, 15) is 13.2 Å². The van der Waals surface area contributed by atoms with E-state index >= 15 is 0 Å². The van der Waals surface area contributed by atoms with E-state index in [1.54, 1.807) is 6.20 Å². The van der Waals surface area contributed by atoms with Crippen LogP contribution in [-0.4, -0.2) is 60.7 Å². The van der Waals surface area contributed by atoms with E-state index in [4.69, 9.17) is 0 Å². The Bertz CT molecular complexity index is 428. The number of hydrogen-bond acceptors (Lipinski definition) is 4. The number of anilines is 1. The first-order valence-corrected chi connectivity index (χ1v) is 6.61. The van der Waals surface area contributed by atoms with Crippen molar-refractivity contribution >= 4 is 5.82 Å². The highest BCUT2D eigenvalue weighted by Crippen LogP contribution is 2.19. The van der Waals surface area contributed by atoms with E-state index in [1.165, 1.54) is 4.90 Å². The maximum absolute atomic E-state index is 12.3. The molecule has 0 atom stereocenters. The molecule has 20 heavy (non-hydrogen) atoms. The van der Waals surface area contributed by atoms with Gasteiger partial charge in [0.2, 0.25) is 0 Å². The molecule has 1 saturated heterocycles. The molecule has 0 radical (unpaired) electrons. The van der Waals surface area contributed by atoms with Gasteiger partial charge in [-0.1, -0.05) is 6.07 Å². The summed E-state index contributed by atoms with van der Waals surface area (Å²) >= 11 is 0. The van der Waals surface area contributed by atoms with E-state index in [0.29, 0.717) is 32.7 Å². The molecule has 1 aliphatic heterocycles. The van der Waals surface area contributed by atoms with Crippen LogP contribution in [0.2, 0.25) is 0 Å². The second-order valence-corrected chi connectivity index (χ2v) is 4.93. The monoisotopic (exact) mass is 288 g/mol. The number of aromatic nitrogens is 1. The van der Waals surface area contributed by atoms with Crippen molar-refractivity contribution in [2.24, 2.45) is 0 Å². The number of hydrogen-bond donors (Lipinski definition) is 1. The quantitative estimate of drug-likeness (QED) is 0.915. The Labute approximate surface area is 116 Å². The fourth-order valence-electron chi connectivity index (χ4n) is 2.39. The molecule has 0 spiro atoms. The molecule has 0 unspecified atom stereocenters. The van der Waals surface area contributed by atoms with E-state index in [2.05, 4.69) is 15.2 Å². The predicted molar refractivity (Wildman–Crippen MR) is 71.6 cm³/mol. The van der Waals surface area contributed by atoms with Crippen LogP contribution in [0.4, 0.5) is 19.0 Å². The van der Waals surface area contributed by atoms with Crippen molar-refractivity contribution in [3.05, 3.63) is 23.9 Å². The Hall–Kier alpha value is -1.34. The van der Waals surface area contributed by atoms with Gasteiger partial charge in [0, 0.05) is 51.5 Å². The highest BCUT2D eigenvalue weighted by molar-refractivity contribution is 5.42. The minimum atomic E-state index is -4.11. The van der Waals surface area contributed by atoms with Gasteiger partial charge in [0.15, 0.2) is 0 Å². The van der Waals surface area contributed by atoms with Gasteiger partial charge in [-0.2, -0.15) is 13.2 Å².